The van der Waals surface area contributed by atoms with Crippen LogP contribution in [0.4, 0.5) is 13.2 Å². The molecule has 6 nitrogen and oxygen atoms in total. The van der Waals surface area contributed by atoms with Crippen LogP contribution >= 0.6 is 0 Å². The lowest BCUT2D eigenvalue weighted by Gasteiger charge is -2.28. The molecule has 0 radical (unpaired) electrons. The number of hydrogen-bond donors (Lipinski definition) is 1. The third kappa shape index (κ3) is 9.44. The summed E-state index contributed by atoms with van der Waals surface area (Å²) < 4.78 is 40.3. The molecule has 0 saturated carbocycles. The summed E-state index contributed by atoms with van der Waals surface area (Å²) in [6.45, 7) is 12.8. The third-order valence-electron chi connectivity index (χ3n) is 6.35. The molecule has 0 spiro atoms. The van der Waals surface area contributed by atoms with Gasteiger partial charge in [-0.05, 0) is 51.1 Å². The molecule has 1 saturated heterocycles. The number of piperazine rings is 1. The van der Waals surface area contributed by atoms with Crippen molar-refractivity contribution < 1.29 is 27.9 Å². The fourth-order valence-corrected chi connectivity index (χ4v) is 4.25. The van der Waals surface area contributed by atoms with E-state index in [0.29, 0.717) is 35.9 Å². The molecule has 2 aromatic rings. The third-order valence-corrected chi connectivity index (χ3v) is 6.35. The fourth-order valence-electron chi connectivity index (χ4n) is 4.25. The number of aromatic carboxylic acids is 1. The van der Waals surface area contributed by atoms with Crippen molar-refractivity contribution in [3.63, 3.8) is 0 Å². The van der Waals surface area contributed by atoms with E-state index in [2.05, 4.69) is 23.9 Å². The van der Waals surface area contributed by atoms with E-state index in [0.717, 1.165) is 12.1 Å². The monoisotopic (exact) mass is 537 g/mol. The maximum Gasteiger partial charge on any atom is 0.416 e. The van der Waals surface area contributed by atoms with Gasteiger partial charge in [0.2, 0.25) is 0 Å². The number of carbonyl (C=O) groups is 2. The fraction of sp³-hybridized carbons (Fsp3) is 0.517. The zero-order chi connectivity index (χ0) is 28.9. The Morgan fingerprint density at radius 1 is 1.08 bits per heavy atom. The number of carbonyl (C=O) groups excluding carboxylic acids is 1. The van der Waals surface area contributed by atoms with Gasteiger partial charge in [0, 0.05) is 44.8 Å². The molecule has 1 N–H and O–H groups in total. The van der Waals surface area contributed by atoms with E-state index in [-0.39, 0.29) is 24.2 Å². The van der Waals surface area contributed by atoms with Crippen LogP contribution < -0.4 is 0 Å². The molecule has 3 rings (SSSR count). The maximum atomic E-state index is 12.9. The van der Waals surface area contributed by atoms with Crippen LogP contribution in [-0.4, -0.2) is 72.0 Å². The number of alkyl halides is 3. The predicted molar refractivity (Wildman–Crippen MR) is 146 cm³/mol. The van der Waals surface area contributed by atoms with Crippen LogP contribution in [-0.2, 0) is 32.0 Å². The van der Waals surface area contributed by atoms with Crippen molar-refractivity contribution in [2.24, 2.45) is 0 Å². The van der Waals surface area contributed by atoms with E-state index < -0.39 is 17.7 Å². The van der Waals surface area contributed by atoms with Crippen LogP contribution in [0.2, 0.25) is 0 Å². The first-order valence-corrected chi connectivity index (χ1v) is 13.1. The van der Waals surface area contributed by atoms with Crippen LogP contribution in [0.1, 0.15) is 70.9 Å². The molecular formula is C29H42F3N3O3. The summed E-state index contributed by atoms with van der Waals surface area (Å²) in [6.07, 6.45) is 0.923. The normalized spacial score (nSPS) is 14.4. The number of likely N-dealkylation sites (N-methyl/N-ethyl adjacent to an activating group) is 2. The number of nitrogens with zero attached hydrogens (tertiary/aromatic N) is 3. The molecule has 9 heteroatoms. The Balaban J connectivity index is 0.000000607. The highest BCUT2D eigenvalue weighted by Crippen LogP contribution is 2.30. The molecule has 212 valence electrons. The maximum absolute atomic E-state index is 12.9. The summed E-state index contributed by atoms with van der Waals surface area (Å²) in [5.74, 6) is -1.23. The quantitative estimate of drug-likeness (QED) is 0.339. The highest BCUT2D eigenvalue weighted by molar-refractivity contribution is 5.97. The number of halogens is 3. The molecule has 1 aromatic carbocycles. The van der Waals surface area contributed by atoms with Crippen LogP contribution in [0.25, 0.3) is 0 Å². The first kappa shape index (κ1) is 33.1. The molecule has 0 amide bonds. The zero-order valence-corrected chi connectivity index (χ0v) is 23.4. The second-order valence-electron chi connectivity index (χ2n) is 8.94. The molecule has 1 aliphatic heterocycles. The number of aryl methyl sites for hydroxylation is 1. The Labute approximate surface area is 224 Å². The van der Waals surface area contributed by atoms with Crippen molar-refractivity contribution in [3.8, 4) is 0 Å². The van der Waals surface area contributed by atoms with Crippen molar-refractivity contribution in [2.75, 3.05) is 40.3 Å². The van der Waals surface area contributed by atoms with Gasteiger partial charge in [0.15, 0.2) is 6.29 Å². The minimum atomic E-state index is -4.44. The smallest absolute Gasteiger partial charge is 0.416 e. The summed E-state index contributed by atoms with van der Waals surface area (Å²) in [4.78, 5) is 28.1. The predicted octanol–water partition coefficient (Wildman–Crippen LogP) is 5.83. The van der Waals surface area contributed by atoms with E-state index in [1.165, 1.54) is 32.2 Å². The molecule has 38 heavy (non-hydrogen) atoms. The Kier molecular flexibility index (Phi) is 14.1. The standard InChI is InChI=1S/C21H22F3NO3.C6H14N2.C2H6/c1-3-5-9-18-16(4-2)17(13-26)19(20(27)28)25(18)11-10-14-7-6-8-15(12-14)21(22,23)24;1-7-3-5-8(2)6-4-7;1-2/h3,5-8,12-13H,4,9-11H2,1-2H3,(H,27,28);3-6H2,1-2H3;1-2H3/b5-3-;;. The number of carboxylic acid groups (broad SMARTS) is 1. The largest absolute Gasteiger partial charge is 0.477 e. The number of rotatable bonds is 8. The van der Waals surface area contributed by atoms with Crippen LogP contribution in [0.5, 0.6) is 0 Å². The Morgan fingerprint density at radius 2 is 1.66 bits per heavy atom. The molecule has 2 heterocycles. The molecule has 0 bridgehead atoms. The lowest BCUT2D eigenvalue weighted by atomic mass is 10.1. The van der Waals surface area contributed by atoms with Gasteiger partial charge in [-0.15, -0.1) is 0 Å². The van der Waals surface area contributed by atoms with Gasteiger partial charge in [-0.2, -0.15) is 13.2 Å². The van der Waals surface area contributed by atoms with E-state index >= 15 is 0 Å². The van der Waals surface area contributed by atoms with Gasteiger partial charge in [-0.25, -0.2) is 4.79 Å². The van der Waals surface area contributed by atoms with Crippen molar-refractivity contribution in [3.05, 3.63) is 70.1 Å². The van der Waals surface area contributed by atoms with Gasteiger partial charge in [0.1, 0.15) is 5.69 Å². The van der Waals surface area contributed by atoms with Gasteiger partial charge in [-0.3, -0.25) is 4.79 Å². The first-order valence-electron chi connectivity index (χ1n) is 13.1. The minimum Gasteiger partial charge on any atom is -0.477 e. The lowest BCUT2D eigenvalue weighted by Crippen LogP contribution is -2.42. The van der Waals surface area contributed by atoms with Gasteiger partial charge in [0.25, 0.3) is 0 Å². The van der Waals surface area contributed by atoms with Gasteiger partial charge in [-0.1, -0.05) is 51.1 Å². The summed E-state index contributed by atoms with van der Waals surface area (Å²) in [5, 5.41) is 9.64. The minimum absolute atomic E-state index is 0.113. The molecule has 0 unspecified atom stereocenters. The van der Waals surface area contributed by atoms with Crippen molar-refractivity contribution >= 4 is 12.3 Å². The van der Waals surface area contributed by atoms with Gasteiger partial charge < -0.3 is 19.5 Å². The van der Waals surface area contributed by atoms with E-state index in [9.17, 15) is 27.9 Å². The molecule has 1 aromatic heterocycles. The average Bonchev–Trinajstić information content (AvgIpc) is 3.21. The number of hydrogen-bond acceptors (Lipinski definition) is 4. The van der Waals surface area contributed by atoms with E-state index in [1.54, 1.807) is 10.6 Å². The van der Waals surface area contributed by atoms with Crippen molar-refractivity contribution in [1.29, 1.82) is 0 Å². The summed E-state index contributed by atoms with van der Waals surface area (Å²) >= 11 is 0. The first-order chi connectivity index (χ1) is 18.0. The van der Waals surface area contributed by atoms with E-state index in [4.69, 9.17) is 0 Å². The summed E-state index contributed by atoms with van der Waals surface area (Å²) in [5.41, 5.74) is 1.09. The number of carboxylic acids is 1. The Bertz CT molecular complexity index is 1040. The van der Waals surface area contributed by atoms with Crippen LogP contribution in [0, 0.1) is 0 Å². The second kappa shape index (κ2) is 16.1. The van der Waals surface area contributed by atoms with Crippen molar-refractivity contribution in [1.82, 2.24) is 14.4 Å². The highest BCUT2D eigenvalue weighted by atomic mass is 19.4. The molecule has 0 atom stereocenters. The number of aromatic nitrogens is 1. The molecular weight excluding hydrogens is 495 g/mol. The molecule has 0 aliphatic carbocycles. The van der Waals surface area contributed by atoms with Crippen molar-refractivity contribution in [2.45, 2.75) is 59.7 Å². The lowest BCUT2D eigenvalue weighted by molar-refractivity contribution is -0.137. The van der Waals surface area contributed by atoms with Crippen LogP contribution in [0.15, 0.2) is 36.4 Å². The van der Waals surface area contributed by atoms with Gasteiger partial charge >= 0.3 is 12.1 Å². The zero-order valence-electron chi connectivity index (χ0n) is 23.4. The number of benzene rings is 1. The molecule has 1 fully saturated rings. The number of allylic oxidation sites excluding steroid dienone is 2. The Hall–Kier alpha value is -2.91. The summed E-state index contributed by atoms with van der Waals surface area (Å²) in [6, 6.07) is 4.98. The van der Waals surface area contributed by atoms with Gasteiger partial charge in [0.05, 0.1) is 11.1 Å². The second-order valence-corrected chi connectivity index (χ2v) is 8.94. The molecule has 1 aliphatic rings. The van der Waals surface area contributed by atoms with Crippen LogP contribution in [0.3, 0.4) is 0 Å². The van der Waals surface area contributed by atoms with E-state index in [1.807, 2.05) is 39.8 Å². The topological polar surface area (TPSA) is 65.8 Å². The highest BCUT2D eigenvalue weighted by Gasteiger charge is 2.30. The SMILES string of the molecule is C/C=C\Cc1c(CC)c(C=O)c(C(=O)O)n1CCc1cccc(C(F)(F)F)c1.CC.CN1CCN(C)CC1. The number of aldehydes is 1. The average molecular weight is 538 g/mol. The summed E-state index contributed by atoms with van der Waals surface area (Å²) in [7, 11) is 4.35. The Morgan fingerprint density at radius 3 is 2.11 bits per heavy atom.